The van der Waals surface area contributed by atoms with E-state index in [0.717, 1.165) is 25.7 Å². The van der Waals surface area contributed by atoms with Gasteiger partial charge in [-0.25, -0.2) is 9.59 Å². The molecule has 11 heteroatoms. The van der Waals surface area contributed by atoms with E-state index in [-0.39, 0.29) is 36.5 Å². The zero-order valence-electron chi connectivity index (χ0n) is 18.4. The Bertz CT molecular complexity index is 980. The second kappa shape index (κ2) is 10.8. The van der Waals surface area contributed by atoms with Crippen molar-refractivity contribution in [3.05, 3.63) is 62.9 Å². The highest BCUT2D eigenvalue weighted by molar-refractivity contribution is 5.65. The van der Waals surface area contributed by atoms with E-state index in [0.29, 0.717) is 17.0 Å². The third kappa shape index (κ3) is 6.01. The van der Waals surface area contributed by atoms with E-state index in [1.54, 1.807) is 19.9 Å². The number of hydrogen-bond acceptors (Lipinski definition) is 10. The largest absolute Gasteiger partial charge is 0.513 e. The first-order valence-corrected chi connectivity index (χ1v) is 10.6. The zero-order valence-corrected chi connectivity index (χ0v) is 18.4. The quantitative estimate of drug-likeness (QED) is 0.346. The lowest BCUT2D eigenvalue weighted by Crippen LogP contribution is -2.30. The van der Waals surface area contributed by atoms with Crippen LogP contribution in [0.25, 0.3) is 0 Å². The molecule has 2 aliphatic rings. The smallest absolute Gasteiger partial charge is 0.432 e. The molecule has 0 saturated heterocycles. The zero-order chi connectivity index (χ0) is 24.0. The molecular formula is C22H26N2O9. The first-order chi connectivity index (χ1) is 15.8. The SMILES string of the molecule is CC1=C(OC(=O)OCCO)C(c2cccc([N+](=O)[O-])c2)C(OC(=O)OC2CCCC2)=C(C)N1. The Balaban J connectivity index is 1.95. The summed E-state index contributed by atoms with van der Waals surface area (Å²) >= 11 is 0. The van der Waals surface area contributed by atoms with Crippen molar-refractivity contribution >= 4 is 18.0 Å². The van der Waals surface area contributed by atoms with Gasteiger partial charge >= 0.3 is 12.3 Å². The summed E-state index contributed by atoms with van der Waals surface area (Å²) in [4.78, 5) is 35.4. The lowest BCUT2D eigenvalue weighted by atomic mass is 9.90. The van der Waals surface area contributed by atoms with Gasteiger partial charge in [-0.3, -0.25) is 10.1 Å². The summed E-state index contributed by atoms with van der Waals surface area (Å²) < 4.78 is 21.1. The highest BCUT2D eigenvalue weighted by atomic mass is 16.7. The summed E-state index contributed by atoms with van der Waals surface area (Å²) in [5, 5.41) is 23.2. The Kier molecular flexibility index (Phi) is 7.88. The molecule has 11 nitrogen and oxygen atoms in total. The summed E-state index contributed by atoms with van der Waals surface area (Å²) in [7, 11) is 0. The molecule has 3 rings (SSSR count). The number of aliphatic hydroxyl groups excluding tert-OH is 1. The van der Waals surface area contributed by atoms with Gasteiger partial charge in [0.1, 0.15) is 30.1 Å². The third-order valence-electron chi connectivity index (χ3n) is 5.32. The molecule has 2 N–H and O–H groups in total. The van der Waals surface area contributed by atoms with Crippen molar-refractivity contribution in [2.75, 3.05) is 13.2 Å². The molecule has 1 atom stereocenters. The van der Waals surface area contributed by atoms with Crippen molar-refractivity contribution in [2.45, 2.75) is 51.6 Å². The molecular weight excluding hydrogens is 436 g/mol. The van der Waals surface area contributed by atoms with Crippen molar-refractivity contribution in [2.24, 2.45) is 0 Å². The number of allylic oxidation sites excluding steroid dienone is 2. The number of aliphatic hydroxyl groups is 1. The molecule has 1 aliphatic heterocycles. The second-order valence-corrected chi connectivity index (χ2v) is 7.69. The van der Waals surface area contributed by atoms with Gasteiger partial charge in [0.25, 0.3) is 5.69 Å². The first-order valence-electron chi connectivity index (χ1n) is 10.6. The van der Waals surface area contributed by atoms with Crippen LogP contribution in [-0.2, 0) is 18.9 Å². The molecule has 1 aromatic rings. The maximum absolute atomic E-state index is 12.5. The minimum absolute atomic E-state index is 0.0349. The van der Waals surface area contributed by atoms with E-state index < -0.39 is 23.2 Å². The van der Waals surface area contributed by atoms with Crippen LogP contribution in [0.3, 0.4) is 0 Å². The van der Waals surface area contributed by atoms with E-state index in [2.05, 4.69) is 5.32 Å². The summed E-state index contributed by atoms with van der Waals surface area (Å²) in [6.45, 7) is 2.63. The van der Waals surface area contributed by atoms with Gasteiger partial charge in [-0.1, -0.05) is 12.1 Å². The molecule has 178 valence electrons. The van der Waals surface area contributed by atoms with Crippen LogP contribution in [0, 0.1) is 10.1 Å². The number of rotatable bonds is 7. The minimum Gasteiger partial charge on any atom is -0.432 e. The van der Waals surface area contributed by atoms with E-state index >= 15 is 0 Å². The van der Waals surface area contributed by atoms with Gasteiger partial charge in [0.2, 0.25) is 0 Å². The predicted molar refractivity (Wildman–Crippen MR) is 114 cm³/mol. The van der Waals surface area contributed by atoms with Gasteiger partial charge in [-0.2, -0.15) is 0 Å². The second-order valence-electron chi connectivity index (χ2n) is 7.69. The summed E-state index contributed by atoms with van der Waals surface area (Å²) in [5.74, 6) is -0.856. The summed E-state index contributed by atoms with van der Waals surface area (Å²) in [6.07, 6.45) is 1.22. The fraction of sp³-hybridized carbons (Fsp3) is 0.455. The molecule has 33 heavy (non-hydrogen) atoms. The Hall–Kier alpha value is -3.60. The van der Waals surface area contributed by atoms with Gasteiger partial charge in [-0.05, 0) is 45.1 Å². The lowest BCUT2D eigenvalue weighted by Gasteiger charge is -2.30. The highest BCUT2D eigenvalue weighted by Crippen LogP contribution is 2.40. The van der Waals surface area contributed by atoms with Crippen LogP contribution in [-0.4, -0.2) is 41.7 Å². The Morgan fingerprint density at radius 2 is 1.76 bits per heavy atom. The van der Waals surface area contributed by atoms with E-state index in [4.69, 9.17) is 24.1 Å². The topological polar surface area (TPSA) is 146 Å². The number of non-ortho nitro benzene ring substituents is 1. The van der Waals surface area contributed by atoms with E-state index in [9.17, 15) is 19.7 Å². The summed E-state index contributed by atoms with van der Waals surface area (Å²) in [5.41, 5.74) is 1.04. The Labute approximate surface area is 190 Å². The first kappa shape index (κ1) is 24.1. The van der Waals surface area contributed by atoms with Crippen molar-refractivity contribution in [1.82, 2.24) is 5.32 Å². The van der Waals surface area contributed by atoms with Crippen LogP contribution >= 0.6 is 0 Å². The molecule has 0 amide bonds. The van der Waals surface area contributed by atoms with E-state index in [1.807, 2.05) is 0 Å². The monoisotopic (exact) mass is 462 g/mol. The molecule has 0 bridgehead atoms. The van der Waals surface area contributed by atoms with Crippen molar-refractivity contribution < 1.29 is 38.6 Å². The Morgan fingerprint density at radius 1 is 1.12 bits per heavy atom. The molecule has 0 aromatic heterocycles. The van der Waals surface area contributed by atoms with Gasteiger partial charge in [0.15, 0.2) is 0 Å². The number of ether oxygens (including phenoxy) is 4. The molecule has 1 heterocycles. The van der Waals surface area contributed by atoms with Crippen LogP contribution in [0.2, 0.25) is 0 Å². The number of nitro groups is 1. The van der Waals surface area contributed by atoms with Crippen LogP contribution in [0.1, 0.15) is 51.0 Å². The van der Waals surface area contributed by atoms with Crippen LogP contribution in [0.15, 0.2) is 47.2 Å². The number of dihydropyridines is 1. The molecule has 1 aliphatic carbocycles. The normalized spacial score (nSPS) is 18.6. The Morgan fingerprint density at radius 3 is 2.36 bits per heavy atom. The minimum atomic E-state index is -1.08. The predicted octanol–water partition coefficient (Wildman–Crippen LogP) is 3.99. The molecule has 0 spiro atoms. The number of carbonyl (C=O) groups is 2. The fourth-order valence-electron chi connectivity index (χ4n) is 3.85. The average Bonchev–Trinajstić information content (AvgIpc) is 3.28. The number of nitrogens with one attached hydrogen (secondary N) is 1. The number of nitrogens with zero attached hydrogens (tertiary/aromatic N) is 1. The lowest BCUT2D eigenvalue weighted by molar-refractivity contribution is -0.384. The average molecular weight is 462 g/mol. The van der Waals surface area contributed by atoms with Crippen molar-refractivity contribution in [3.63, 3.8) is 0 Å². The third-order valence-corrected chi connectivity index (χ3v) is 5.32. The standard InChI is InChI=1S/C22H26N2O9/c1-13-19(32-21(26)30-11-10-25)18(15-6-5-7-16(12-15)24(28)29)20(14(2)23-13)33-22(27)31-17-8-3-4-9-17/h5-7,12,17-18,23,25H,3-4,8-11H2,1-2H3. The van der Waals surface area contributed by atoms with E-state index in [1.165, 1.54) is 18.2 Å². The molecule has 1 unspecified atom stereocenters. The van der Waals surface area contributed by atoms with Gasteiger partial charge in [0.05, 0.1) is 22.9 Å². The summed E-state index contributed by atoms with van der Waals surface area (Å²) in [6, 6.07) is 5.71. The number of hydrogen-bond donors (Lipinski definition) is 2. The van der Waals surface area contributed by atoms with Crippen LogP contribution in [0.4, 0.5) is 15.3 Å². The van der Waals surface area contributed by atoms with Gasteiger partial charge < -0.3 is 29.4 Å². The van der Waals surface area contributed by atoms with Crippen LogP contribution < -0.4 is 5.32 Å². The molecule has 1 fully saturated rings. The number of benzene rings is 1. The maximum Gasteiger partial charge on any atom is 0.513 e. The van der Waals surface area contributed by atoms with Crippen molar-refractivity contribution in [3.8, 4) is 0 Å². The molecule has 1 aromatic carbocycles. The van der Waals surface area contributed by atoms with Gasteiger partial charge in [0, 0.05) is 12.1 Å². The number of nitro benzene ring substituents is 1. The maximum atomic E-state index is 12.5. The van der Waals surface area contributed by atoms with Crippen molar-refractivity contribution in [1.29, 1.82) is 0 Å². The van der Waals surface area contributed by atoms with Crippen LogP contribution in [0.5, 0.6) is 0 Å². The molecule has 1 saturated carbocycles. The number of carbonyl (C=O) groups excluding carboxylic acids is 2. The fourth-order valence-corrected chi connectivity index (χ4v) is 3.85. The molecule has 0 radical (unpaired) electrons. The van der Waals surface area contributed by atoms with Gasteiger partial charge in [-0.15, -0.1) is 0 Å². The highest BCUT2D eigenvalue weighted by Gasteiger charge is 2.36.